The maximum Gasteiger partial charge on any atom is 0.225 e. The summed E-state index contributed by atoms with van der Waals surface area (Å²) in [7, 11) is 1.56. The van der Waals surface area contributed by atoms with Crippen molar-refractivity contribution in [3.8, 4) is 11.3 Å². The van der Waals surface area contributed by atoms with Gasteiger partial charge >= 0.3 is 0 Å². The number of aromatic nitrogens is 5. The van der Waals surface area contributed by atoms with Crippen LogP contribution in [-0.4, -0.2) is 31.6 Å². The fourth-order valence-corrected chi connectivity index (χ4v) is 5.32. The molecule has 1 atom stereocenters. The molecule has 0 amide bonds. The molecule has 0 spiro atoms. The second kappa shape index (κ2) is 10.2. The highest BCUT2D eigenvalue weighted by Crippen LogP contribution is 2.37. The summed E-state index contributed by atoms with van der Waals surface area (Å²) in [5, 5.41) is 0.550. The summed E-state index contributed by atoms with van der Waals surface area (Å²) < 4.78 is 22.8. The Bertz CT molecular complexity index is 1350. The summed E-state index contributed by atoms with van der Waals surface area (Å²) in [6, 6.07) is 8.39. The van der Waals surface area contributed by atoms with Crippen LogP contribution in [0, 0.1) is 17.7 Å². The van der Waals surface area contributed by atoms with E-state index in [4.69, 9.17) is 32.9 Å². The summed E-state index contributed by atoms with van der Waals surface area (Å²) in [5.41, 5.74) is 2.84. The van der Waals surface area contributed by atoms with Crippen molar-refractivity contribution in [1.82, 2.24) is 24.5 Å². The first-order valence-corrected chi connectivity index (χ1v) is 12.5. The van der Waals surface area contributed by atoms with Crippen LogP contribution in [0.2, 0.25) is 10.3 Å². The van der Waals surface area contributed by atoms with E-state index in [1.54, 1.807) is 43.8 Å². The molecule has 9 heteroatoms. The molecule has 5 rings (SSSR count). The van der Waals surface area contributed by atoms with E-state index in [1.165, 1.54) is 18.9 Å². The normalized spacial score (nSPS) is 19.2. The molecule has 0 N–H and O–H groups in total. The SMILES string of the molecule is COC(c1ccccc1F)c1nc2nc(Cl)nc(-c3cncc(Cl)c3)c2n1CC1CCC(C)CC1. The van der Waals surface area contributed by atoms with Crippen molar-refractivity contribution < 1.29 is 9.13 Å². The van der Waals surface area contributed by atoms with Crippen LogP contribution in [0.5, 0.6) is 0 Å². The third-order valence-electron chi connectivity index (χ3n) is 6.82. The quantitative estimate of drug-likeness (QED) is 0.262. The van der Waals surface area contributed by atoms with Gasteiger partial charge in [0.2, 0.25) is 5.28 Å². The van der Waals surface area contributed by atoms with Crippen molar-refractivity contribution in [1.29, 1.82) is 0 Å². The molecule has 1 aliphatic carbocycles. The number of ether oxygens (including phenoxy) is 1. The summed E-state index contributed by atoms with van der Waals surface area (Å²) in [6.07, 6.45) is 7.11. The Hall–Kier alpha value is -2.61. The monoisotopic (exact) mass is 513 g/mol. The van der Waals surface area contributed by atoms with Crippen LogP contribution in [-0.2, 0) is 11.3 Å². The van der Waals surface area contributed by atoms with Gasteiger partial charge in [0.05, 0.1) is 5.02 Å². The minimum absolute atomic E-state index is 0.0648. The lowest BCUT2D eigenvalue weighted by Crippen LogP contribution is -2.21. The number of nitrogens with zero attached hydrogens (tertiary/aromatic N) is 5. The van der Waals surface area contributed by atoms with Crippen LogP contribution in [0.1, 0.15) is 50.1 Å². The minimum Gasteiger partial charge on any atom is -0.369 e. The number of pyridine rings is 1. The van der Waals surface area contributed by atoms with Crippen molar-refractivity contribution in [2.45, 2.75) is 45.3 Å². The van der Waals surface area contributed by atoms with Gasteiger partial charge in [-0.05, 0) is 48.4 Å². The van der Waals surface area contributed by atoms with E-state index in [-0.39, 0.29) is 11.1 Å². The molecule has 0 saturated heterocycles. The molecule has 3 heterocycles. The Morgan fingerprint density at radius 3 is 2.57 bits per heavy atom. The molecule has 0 bridgehead atoms. The van der Waals surface area contributed by atoms with Gasteiger partial charge in [-0.15, -0.1) is 0 Å². The Balaban J connectivity index is 1.73. The first-order chi connectivity index (χ1) is 16.9. The van der Waals surface area contributed by atoms with Gasteiger partial charge in [-0.25, -0.2) is 14.4 Å². The second-order valence-corrected chi connectivity index (χ2v) is 10.0. The molecule has 1 aliphatic rings. The van der Waals surface area contributed by atoms with Gasteiger partial charge in [-0.1, -0.05) is 49.6 Å². The Morgan fingerprint density at radius 1 is 1.09 bits per heavy atom. The van der Waals surface area contributed by atoms with Gasteiger partial charge in [-0.2, -0.15) is 4.98 Å². The molecule has 0 aliphatic heterocycles. The van der Waals surface area contributed by atoms with Crippen LogP contribution in [0.3, 0.4) is 0 Å². The van der Waals surface area contributed by atoms with Crippen LogP contribution >= 0.6 is 23.2 Å². The maximum atomic E-state index is 14.9. The highest BCUT2D eigenvalue weighted by molar-refractivity contribution is 6.30. The third kappa shape index (κ3) is 4.90. The van der Waals surface area contributed by atoms with E-state index in [0.717, 1.165) is 18.8 Å². The number of hydrogen-bond acceptors (Lipinski definition) is 5. The van der Waals surface area contributed by atoms with E-state index in [1.807, 2.05) is 0 Å². The fourth-order valence-electron chi connectivity index (χ4n) is 4.98. The van der Waals surface area contributed by atoms with E-state index in [9.17, 15) is 4.39 Å². The van der Waals surface area contributed by atoms with Gasteiger partial charge in [0, 0.05) is 37.2 Å². The van der Waals surface area contributed by atoms with Crippen molar-refractivity contribution in [2.75, 3.05) is 7.11 Å². The molecule has 1 fully saturated rings. The molecule has 1 aromatic carbocycles. The second-order valence-electron chi connectivity index (χ2n) is 9.25. The molecule has 35 heavy (non-hydrogen) atoms. The number of methoxy groups -OCH3 is 1. The molecule has 1 saturated carbocycles. The van der Waals surface area contributed by atoms with Gasteiger partial charge in [-0.3, -0.25) is 4.98 Å². The summed E-state index contributed by atoms with van der Waals surface area (Å²) in [4.78, 5) is 18.0. The van der Waals surface area contributed by atoms with Gasteiger partial charge in [0.1, 0.15) is 29.0 Å². The molecule has 4 aromatic rings. The summed E-state index contributed by atoms with van der Waals surface area (Å²) in [6.45, 7) is 2.99. The van der Waals surface area contributed by atoms with E-state index < -0.39 is 6.10 Å². The lowest BCUT2D eigenvalue weighted by molar-refractivity contribution is 0.121. The van der Waals surface area contributed by atoms with E-state index in [2.05, 4.69) is 26.4 Å². The number of halogens is 3. The molecule has 182 valence electrons. The number of imidazole rings is 1. The molecule has 3 aromatic heterocycles. The van der Waals surface area contributed by atoms with Gasteiger partial charge in [0.15, 0.2) is 5.65 Å². The average Bonchev–Trinajstić information content (AvgIpc) is 3.19. The molecule has 0 radical (unpaired) electrons. The standard InChI is InChI=1S/C26H26Cl2FN5O/c1-15-7-9-16(10-8-15)14-34-22-21(17-11-18(27)13-30-12-17)31-26(28)33-24(22)32-25(34)23(35-2)19-5-3-4-6-20(19)29/h3-6,11-13,15-16,23H,7-10,14H2,1-2H3. The van der Waals surface area contributed by atoms with Crippen molar-refractivity contribution in [2.24, 2.45) is 11.8 Å². The number of hydrogen-bond donors (Lipinski definition) is 0. The number of fused-ring (bicyclic) bond motifs is 1. The van der Waals surface area contributed by atoms with Gasteiger partial charge < -0.3 is 9.30 Å². The maximum absolute atomic E-state index is 14.9. The van der Waals surface area contributed by atoms with Crippen molar-refractivity contribution in [3.63, 3.8) is 0 Å². The first kappa shape index (κ1) is 24.1. The third-order valence-corrected chi connectivity index (χ3v) is 7.19. The zero-order chi connectivity index (χ0) is 24.5. The predicted octanol–water partition coefficient (Wildman–Crippen LogP) is 6.90. The fraction of sp³-hybridized carbons (Fsp3) is 0.385. The van der Waals surface area contributed by atoms with Crippen molar-refractivity contribution in [3.05, 3.63) is 70.2 Å². The smallest absolute Gasteiger partial charge is 0.225 e. The lowest BCUT2D eigenvalue weighted by atomic mass is 9.83. The molecular formula is C26H26Cl2FN5O. The number of benzene rings is 1. The van der Waals surface area contributed by atoms with Crippen LogP contribution in [0.4, 0.5) is 4.39 Å². The molecular weight excluding hydrogens is 488 g/mol. The van der Waals surface area contributed by atoms with Gasteiger partial charge in [0.25, 0.3) is 0 Å². The highest BCUT2D eigenvalue weighted by Gasteiger charge is 2.29. The largest absolute Gasteiger partial charge is 0.369 e. The lowest BCUT2D eigenvalue weighted by Gasteiger charge is -2.28. The molecule has 6 nitrogen and oxygen atoms in total. The Morgan fingerprint density at radius 2 is 1.86 bits per heavy atom. The average molecular weight is 514 g/mol. The summed E-state index contributed by atoms with van der Waals surface area (Å²) >= 11 is 12.6. The summed E-state index contributed by atoms with van der Waals surface area (Å²) in [5.74, 6) is 1.39. The zero-order valence-corrected chi connectivity index (χ0v) is 21.1. The predicted molar refractivity (Wildman–Crippen MR) is 135 cm³/mol. The van der Waals surface area contributed by atoms with Crippen molar-refractivity contribution >= 4 is 34.4 Å². The minimum atomic E-state index is -0.725. The highest BCUT2D eigenvalue weighted by atomic mass is 35.5. The van der Waals surface area contributed by atoms with Crippen LogP contribution < -0.4 is 0 Å². The van der Waals surface area contributed by atoms with Crippen LogP contribution in [0.15, 0.2) is 42.7 Å². The number of rotatable bonds is 6. The Kier molecular flexibility index (Phi) is 7.00. The Labute approximate surface area is 213 Å². The first-order valence-electron chi connectivity index (χ1n) is 11.8. The van der Waals surface area contributed by atoms with Crippen LogP contribution in [0.25, 0.3) is 22.4 Å². The zero-order valence-electron chi connectivity index (χ0n) is 19.6. The van der Waals surface area contributed by atoms with E-state index >= 15 is 0 Å². The van der Waals surface area contributed by atoms with E-state index in [0.29, 0.717) is 51.3 Å². The molecule has 1 unspecified atom stereocenters. The topological polar surface area (TPSA) is 65.7 Å².